The van der Waals surface area contributed by atoms with E-state index in [9.17, 15) is 4.39 Å². The number of para-hydroxylation sites is 1. The number of rotatable bonds is 3. The van der Waals surface area contributed by atoms with Gasteiger partial charge in [0.2, 0.25) is 0 Å². The van der Waals surface area contributed by atoms with E-state index in [0.717, 1.165) is 19.4 Å². The summed E-state index contributed by atoms with van der Waals surface area (Å²) in [6, 6.07) is 7.28. The molecule has 1 aliphatic carbocycles. The minimum atomic E-state index is -0.143. The van der Waals surface area contributed by atoms with Gasteiger partial charge in [-0.15, -0.1) is 0 Å². The van der Waals surface area contributed by atoms with E-state index >= 15 is 0 Å². The molecule has 1 aromatic carbocycles. The van der Waals surface area contributed by atoms with Crippen LogP contribution in [0.5, 0.6) is 0 Å². The van der Waals surface area contributed by atoms with Crippen LogP contribution in [-0.2, 0) is 0 Å². The van der Waals surface area contributed by atoms with Gasteiger partial charge in [-0.25, -0.2) is 4.39 Å². The first-order chi connectivity index (χ1) is 8.16. The topological polar surface area (TPSA) is 29.3 Å². The van der Waals surface area contributed by atoms with Crippen LogP contribution in [0, 0.1) is 11.7 Å². The quantitative estimate of drug-likeness (QED) is 0.874. The maximum absolute atomic E-state index is 13.6. The second-order valence-electron chi connectivity index (χ2n) is 5.12. The molecule has 0 saturated heterocycles. The summed E-state index contributed by atoms with van der Waals surface area (Å²) >= 11 is 0. The number of hydrogen-bond acceptors (Lipinski definition) is 2. The van der Waals surface area contributed by atoms with Gasteiger partial charge in [0.15, 0.2) is 0 Å². The first-order valence-corrected chi connectivity index (χ1v) is 6.38. The molecule has 1 saturated carbocycles. The van der Waals surface area contributed by atoms with E-state index < -0.39 is 0 Å². The van der Waals surface area contributed by atoms with Gasteiger partial charge in [-0.1, -0.05) is 18.6 Å². The van der Waals surface area contributed by atoms with E-state index in [1.165, 1.54) is 18.9 Å². The Bertz CT molecular complexity index is 367. The van der Waals surface area contributed by atoms with Crippen LogP contribution in [-0.4, -0.2) is 19.6 Å². The molecule has 2 N–H and O–H groups in total. The second-order valence-corrected chi connectivity index (χ2v) is 5.12. The largest absolute Gasteiger partial charge is 0.372 e. The maximum atomic E-state index is 13.6. The van der Waals surface area contributed by atoms with Crippen LogP contribution in [0.15, 0.2) is 24.3 Å². The van der Waals surface area contributed by atoms with Gasteiger partial charge in [-0.3, -0.25) is 0 Å². The zero-order chi connectivity index (χ0) is 12.3. The van der Waals surface area contributed by atoms with Gasteiger partial charge < -0.3 is 10.6 Å². The van der Waals surface area contributed by atoms with Crippen molar-refractivity contribution in [3.63, 3.8) is 0 Å². The van der Waals surface area contributed by atoms with Crippen molar-refractivity contribution in [1.82, 2.24) is 0 Å². The summed E-state index contributed by atoms with van der Waals surface area (Å²) in [6.45, 7) is 0.897. The molecule has 2 rings (SSSR count). The van der Waals surface area contributed by atoms with Crippen LogP contribution in [0.4, 0.5) is 10.1 Å². The Morgan fingerprint density at radius 3 is 2.82 bits per heavy atom. The molecule has 17 heavy (non-hydrogen) atoms. The highest BCUT2D eigenvalue weighted by Gasteiger charge is 2.21. The number of halogens is 1. The molecule has 1 fully saturated rings. The standard InChI is InChI=1S/C14H21FN2/c1-17(14-8-3-2-7-13(14)15)10-11-5-4-6-12(16)9-11/h2-3,7-8,11-12H,4-6,9-10,16H2,1H3. The van der Waals surface area contributed by atoms with Crippen molar-refractivity contribution < 1.29 is 4.39 Å². The summed E-state index contributed by atoms with van der Waals surface area (Å²) in [5, 5.41) is 0. The van der Waals surface area contributed by atoms with E-state index in [1.54, 1.807) is 6.07 Å². The molecule has 0 aromatic heterocycles. The lowest BCUT2D eigenvalue weighted by molar-refractivity contribution is 0.325. The average molecular weight is 236 g/mol. The molecule has 2 nitrogen and oxygen atoms in total. The number of hydrogen-bond donors (Lipinski definition) is 1. The van der Waals surface area contributed by atoms with Crippen molar-refractivity contribution in [2.45, 2.75) is 31.7 Å². The molecule has 0 heterocycles. The first kappa shape index (κ1) is 12.4. The Morgan fingerprint density at radius 2 is 2.12 bits per heavy atom. The summed E-state index contributed by atoms with van der Waals surface area (Å²) in [4.78, 5) is 2.01. The van der Waals surface area contributed by atoms with Gasteiger partial charge >= 0.3 is 0 Å². The van der Waals surface area contributed by atoms with Crippen LogP contribution in [0.1, 0.15) is 25.7 Å². The van der Waals surface area contributed by atoms with Crippen LogP contribution >= 0.6 is 0 Å². The lowest BCUT2D eigenvalue weighted by Crippen LogP contribution is -2.34. The van der Waals surface area contributed by atoms with Gasteiger partial charge in [-0.05, 0) is 37.3 Å². The highest BCUT2D eigenvalue weighted by Crippen LogP contribution is 2.26. The van der Waals surface area contributed by atoms with Gasteiger partial charge in [0, 0.05) is 19.6 Å². The van der Waals surface area contributed by atoms with E-state index in [2.05, 4.69) is 0 Å². The molecule has 1 aromatic rings. The fourth-order valence-corrected chi connectivity index (χ4v) is 2.75. The third-order valence-electron chi connectivity index (χ3n) is 3.62. The number of anilines is 1. The van der Waals surface area contributed by atoms with Crippen molar-refractivity contribution in [1.29, 1.82) is 0 Å². The fourth-order valence-electron chi connectivity index (χ4n) is 2.75. The Balaban J connectivity index is 1.97. The molecule has 2 atom stereocenters. The minimum Gasteiger partial charge on any atom is -0.372 e. The van der Waals surface area contributed by atoms with E-state index in [-0.39, 0.29) is 5.82 Å². The minimum absolute atomic E-state index is 0.143. The van der Waals surface area contributed by atoms with Crippen molar-refractivity contribution >= 4 is 5.69 Å². The SMILES string of the molecule is CN(CC1CCCC(N)C1)c1ccccc1F. The first-order valence-electron chi connectivity index (χ1n) is 6.38. The Morgan fingerprint density at radius 1 is 1.35 bits per heavy atom. The van der Waals surface area contributed by atoms with Gasteiger partial charge in [0.1, 0.15) is 5.82 Å². The van der Waals surface area contributed by atoms with Gasteiger partial charge in [0.05, 0.1) is 5.69 Å². The highest BCUT2D eigenvalue weighted by molar-refractivity contribution is 5.46. The molecule has 0 radical (unpaired) electrons. The zero-order valence-corrected chi connectivity index (χ0v) is 10.4. The van der Waals surface area contributed by atoms with Crippen LogP contribution in [0.3, 0.4) is 0 Å². The zero-order valence-electron chi connectivity index (χ0n) is 10.4. The van der Waals surface area contributed by atoms with Crippen molar-refractivity contribution in [3.8, 4) is 0 Å². The molecule has 0 spiro atoms. The Hall–Kier alpha value is -1.09. The number of nitrogens with two attached hydrogens (primary N) is 1. The van der Waals surface area contributed by atoms with Gasteiger partial charge in [0.25, 0.3) is 0 Å². The Kier molecular flexibility index (Phi) is 4.00. The molecular weight excluding hydrogens is 215 g/mol. The third kappa shape index (κ3) is 3.19. The molecule has 2 unspecified atom stereocenters. The van der Waals surface area contributed by atoms with E-state index in [1.807, 2.05) is 24.1 Å². The summed E-state index contributed by atoms with van der Waals surface area (Å²) in [7, 11) is 1.96. The second kappa shape index (κ2) is 5.50. The molecule has 3 heteroatoms. The maximum Gasteiger partial charge on any atom is 0.146 e. The lowest BCUT2D eigenvalue weighted by Gasteiger charge is -2.31. The summed E-state index contributed by atoms with van der Waals surface area (Å²) in [5.74, 6) is 0.457. The van der Waals surface area contributed by atoms with E-state index in [4.69, 9.17) is 5.73 Å². The molecule has 0 amide bonds. The predicted octanol–water partition coefficient (Wildman–Crippen LogP) is 2.78. The molecule has 0 aliphatic heterocycles. The highest BCUT2D eigenvalue weighted by atomic mass is 19.1. The lowest BCUT2D eigenvalue weighted by atomic mass is 9.86. The van der Waals surface area contributed by atoms with Gasteiger partial charge in [-0.2, -0.15) is 0 Å². The summed E-state index contributed by atoms with van der Waals surface area (Å²) < 4.78 is 13.6. The molecule has 94 valence electrons. The van der Waals surface area contributed by atoms with E-state index in [0.29, 0.717) is 17.6 Å². The van der Waals surface area contributed by atoms with Crippen LogP contribution in [0.25, 0.3) is 0 Å². The third-order valence-corrected chi connectivity index (χ3v) is 3.62. The molecule has 1 aliphatic rings. The normalized spacial score (nSPS) is 24.6. The molecular formula is C14H21FN2. The summed E-state index contributed by atoms with van der Waals surface area (Å²) in [6.07, 6.45) is 4.63. The summed E-state index contributed by atoms with van der Waals surface area (Å²) in [5.41, 5.74) is 6.66. The fraction of sp³-hybridized carbons (Fsp3) is 0.571. The average Bonchev–Trinajstić information content (AvgIpc) is 2.29. The number of nitrogens with zero attached hydrogens (tertiary/aromatic N) is 1. The Labute approximate surface area is 103 Å². The van der Waals surface area contributed by atoms with Crippen molar-refractivity contribution in [2.24, 2.45) is 11.7 Å². The van der Waals surface area contributed by atoms with Crippen LogP contribution in [0.2, 0.25) is 0 Å². The number of benzene rings is 1. The van der Waals surface area contributed by atoms with Crippen molar-refractivity contribution in [3.05, 3.63) is 30.1 Å². The van der Waals surface area contributed by atoms with Crippen LogP contribution < -0.4 is 10.6 Å². The molecule has 0 bridgehead atoms. The van der Waals surface area contributed by atoms with Crippen molar-refractivity contribution in [2.75, 3.05) is 18.5 Å². The monoisotopic (exact) mass is 236 g/mol. The smallest absolute Gasteiger partial charge is 0.146 e. The predicted molar refractivity (Wildman–Crippen MR) is 69.6 cm³/mol.